The molecule has 0 spiro atoms. The Bertz CT molecular complexity index is 747. The van der Waals surface area contributed by atoms with Gasteiger partial charge in [-0.1, -0.05) is 43.7 Å². The molecule has 5 heteroatoms. The van der Waals surface area contributed by atoms with Crippen molar-refractivity contribution in [3.63, 3.8) is 0 Å². The van der Waals surface area contributed by atoms with E-state index in [0.717, 1.165) is 11.1 Å². The first-order chi connectivity index (χ1) is 12.4. The molecule has 2 aromatic rings. The third-order valence-electron chi connectivity index (χ3n) is 4.87. The van der Waals surface area contributed by atoms with Crippen molar-refractivity contribution in [1.82, 2.24) is 5.48 Å². The molecular formula is C21H26N2O2S. The van der Waals surface area contributed by atoms with E-state index in [2.05, 4.69) is 11.5 Å². The second-order valence-electron chi connectivity index (χ2n) is 6.97. The lowest BCUT2D eigenvalue weighted by molar-refractivity contribution is -0.153. The van der Waals surface area contributed by atoms with Crippen molar-refractivity contribution in [3.05, 3.63) is 57.8 Å². The molecule has 0 bridgehead atoms. The van der Waals surface area contributed by atoms with Crippen LogP contribution in [0.2, 0.25) is 0 Å². The average molecular weight is 371 g/mol. The quantitative estimate of drug-likeness (QED) is 0.660. The van der Waals surface area contributed by atoms with Crippen molar-refractivity contribution in [1.29, 1.82) is 5.26 Å². The van der Waals surface area contributed by atoms with Crippen LogP contribution < -0.4 is 5.48 Å². The van der Waals surface area contributed by atoms with Crippen molar-refractivity contribution in [2.24, 2.45) is 5.92 Å². The molecule has 1 heterocycles. The van der Waals surface area contributed by atoms with E-state index < -0.39 is 5.41 Å². The van der Waals surface area contributed by atoms with Crippen LogP contribution in [0, 0.1) is 24.2 Å². The van der Waals surface area contributed by atoms with Gasteiger partial charge in [0.1, 0.15) is 0 Å². The maximum absolute atomic E-state index is 12.2. The number of hydrogen-bond acceptors (Lipinski definition) is 5. The van der Waals surface area contributed by atoms with E-state index in [9.17, 15) is 10.1 Å². The van der Waals surface area contributed by atoms with Crippen molar-refractivity contribution in [2.45, 2.75) is 52.0 Å². The van der Waals surface area contributed by atoms with Gasteiger partial charge < -0.3 is 4.84 Å². The summed E-state index contributed by atoms with van der Waals surface area (Å²) in [4.78, 5) is 17.4. The highest BCUT2D eigenvalue weighted by Gasteiger charge is 2.37. The summed E-state index contributed by atoms with van der Waals surface area (Å²) in [6.07, 6.45) is 0.631. The predicted molar refractivity (Wildman–Crippen MR) is 105 cm³/mol. The van der Waals surface area contributed by atoms with Gasteiger partial charge in [0.25, 0.3) is 0 Å². The Morgan fingerprint density at radius 2 is 1.96 bits per heavy atom. The molecule has 138 valence electrons. The summed E-state index contributed by atoms with van der Waals surface area (Å²) in [5, 5.41) is 13.8. The van der Waals surface area contributed by atoms with Crippen LogP contribution in [0.5, 0.6) is 0 Å². The third-order valence-corrected chi connectivity index (χ3v) is 5.55. The van der Waals surface area contributed by atoms with Crippen LogP contribution in [0.25, 0.3) is 0 Å². The summed E-state index contributed by atoms with van der Waals surface area (Å²) in [7, 11) is 0. The number of thiophene rings is 1. The van der Waals surface area contributed by atoms with E-state index in [4.69, 9.17) is 4.84 Å². The van der Waals surface area contributed by atoms with Gasteiger partial charge >= 0.3 is 5.97 Å². The summed E-state index contributed by atoms with van der Waals surface area (Å²) in [6.45, 7) is 8.01. The molecule has 1 aromatic carbocycles. The van der Waals surface area contributed by atoms with E-state index in [-0.39, 0.29) is 24.3 Å². The van der Waals surface area contributed by atoms with Gasteiger partial charge in [0.15, 0.2) is 0 Å². The molecule has 0 saturated heterocycles. The molecule has 0 aliphatic rings. The normalized spacial score (nSPS) is 14.5. The minimum absolute atomic E-state index is 0.0951. The largest absolute Gasteiger partial charge is 0.370 e. The van der Waals surface area contributed by atoms with Gasteiger partial charge in [0.2, 0.25) is 0 Å². The summed E-state index contributed by atoms with van der Waals surface area (Å²) in [5.41, 5.74) is 5.36. The van der Waals surface area contributed by atoms with E-state index in [1.807, 2.05) is 68.8 Å². The molecule has 0 aliphatic heterocycles. The van der Waals surface area contributed by atoms with Gasteiger partial charge in [-0.3, -0.25) is 4.79 Å². The van der Waals surface area contributed by atoms with Crippen molar-refractivity contribution in [2.75, 3.05) is 0 Å². The predicted octanol–water partition coefficient (Wildman–Crippen LogP) is 5.06. The molecule has 2 atom stereocenters. The lowest BCUT2D eigenvalue weighted by Gasteiger charge is -2.30. The number of nitrogens with zero attached hydrogens (tertiary/aromatic N) is 1. The van der Waals surface area contributed by atoms with Crippen LogP contribution in [0.1, 0.15) is 56.3 Å². The number of rotatable bonds is 8. The second kappa shape index (κ2) is 8.98. The van der Waals surface area contributed by atoms with Crippen molar-refractivity contribution in [3.8, 4) is 6.07 Å². The molecule has 0 fully saturated rings. The molecule has 2 rings (SSSR count). The number of nitrogens with one attached hydrogen (secondary N) is 1. The zero-order chi connectivity index (χ0) is 19.2. The minimum Gasteiger partial charge on any atom is -0.370 e. The van der Waals surface area contributed by atoms with E-state index in [1.165, 1.54) is 5.56 Å². The molecule has 1 N–H and O–H groups in total. The number of carbonyl (C=O) groups is 1. The number of carbonyl (C=O) groups excluding carboxylic acids is 1. The van der Waals surface area contributed by atoms with E-state index in [0.29, 0.717) is 6.42 Å². The SMILES string of the molecule is Cc1ccc([C@H](C)NOC(=O)CC[C@@](C#N)(c2ccsc2)C(C)C)cc1. The van der Waals surface area contributed by atoms with Crippen LogP contribution in [0.15, 0.2) is 41.1 Å². The van der Waals surface area contributed by atoms with E-state index in [1.54, 1.807) is 11.3 Å². The lowest BCUT2D eigenvalue weighted by Crippen LogP contribution is -2.32. The second-order valence-corrected chi connectivity index (χ2v) is 7.75. The minimum atomic E-state index is -0.665. The fourth-order valence-electron chi connectivity index (χ4n) is 2.96. The molecule has 0 radical (unpaired) electrons. The Balaban J connectivity index is 1.92. The van der Waals surface area contributed by atoms with Gasteiger partial charge in [-0.2, -0.15) is 16.6 Å². The Kier molecular flexibility index (Phi) is 6.96. The fourth-order valence-corrected chi connectivity index (χ4v) is 3.70. The zero-order valence-electron chi connectivity index (χ0n) is 15.8. The number of hydrogen-bond donors (Lipinski definition) is 1. The van der Waals surface area contributed by atoms with Gasteiger partial charge in [-0.25, -0.2) is 0 Å². The number of nitriles is 1. The topological polar surface area (TPSA) is 62.1 Å². The highest BCUT2D eigenvalue weighted by atomic mass is 32.1. The van der Waals surface area contributed by atoms with Gasteiger partial charge in [0.05, 0.1) is 17.5 Å². The first kappa shape index (κ1) is 20.2. The highest BCUT2D eigenvalue weighted by Crippen LogP contribution is 2.37. The average Bonchev–Trinajstić information content (AvgIpc) is 3.16. The molecule has 26 heavy (non-hydrogen) atoms. The Hall–Kier alpha value is -2.16. The molecule has 1 aromatic heterocycles. The number of hydroxylamine groups is 1. The number of aryl methyl sites for hydroxylation is 1. The molecule has 0 unspecified atom stereocenters. The summed E-state index contributed by atoms with van der Waals surface area (Å²) >= 11 is 1.57. The standard InChI is InChI=1S/C21H26N2O2S/c1-15(2)21(14-22,19-10-12-26-13-19)11-9-20(24)25-23-17(4)18-7-5-16(3)6-8-18/h5-8,10,12-13,15,17,23H,9,11H2,1-4H3/t17-,21-/m0/s1. The first-order valence-electron chi connectivity index (χ1n) is 8.84. The molecule has 0 aliphatic carbocycles. The summed E-state index contributed by atoms with van der Waals surface area (Å²) in [5.74, 6) is -0.242. The Morgan fingerprint density at radius 3 is 2.50 bits per heavy atom. The van der Waals surface area contributed by atoms with Crippen LogP contribution in [0.3, 0.4) is 0 Å². The van der Waals surface area contributed by atoms with Crippen molar-refractivity contribution < 1.29 is 9.63 Å². The van der Waals surface area contributed by atoms with E-state index >= 15 is 0 Å². The Labute approximate surface area is 159 Å². The van der Waals surface area contributed by atoms with Crippen LogP contribution >= 0.6 is 11.3 Å². The monoisotopic (exact) mass is 370 g/mol. The molecule has 4 nitrogen and oxygen atoms in total. The number of benzene rings is 1. The van der Waals surface area contributed by atoms with Crippen LogP contribution in [-0.4, -0.2) is 5.97 Å². The molecule has 0 saturated carbocycles. The van der Waals surface area contributed by atoms with Gasteiger partial charge in [-0.15, -0.1) is 5.48 Å². The molecule has 0 amide bonds. The maximum atomic E-state index is 12.2. The summed E-state index contributed by atoms with van der Waals surface area (Å²) in [6, 6.07) is 12.4. The van der Waals surface area contributed by atoms with Gasteiger partial charge in [-0.05, 0) is 54.1 Å². The van der Waals surface area contributed by atoms with Gasteiger partial charge in [0, 0.05) is 6.42 Å². The third kappa shape index (κ3) is 4.72. The maximum Gasteiger partial charge on any atom is 0.324 e. The highest BCUT2D eigenvalue weighted by molar-refractivity contribution is 7.08. The Morgan fingerprint density at radius 1 is 1.27 bits per heavy atom. The lowest BCUT2D eigenvalue weighted by atomic mass is 9.71. The zero-order valence-corrected chi connectivity index (χ0v) is 16.6. The smallest absolute Gasteiger partial charge is 0.324 e. The van der Waals surface area contributed by atoms with Crippen LogP contribution in [-0.2, 0) is 15.0 Å². The molecular weight excluding hydrogens is 344 g/mol. The first-order valence-corrected chi connectivity index (χ1v) is 9.79. The van der Waals surface area contributed by atoms with Crippen molar-refractivity contribution >= 4 is 17.3 Å². The fraction of sp³-hybridized carbons (Fsp3) is 0.429. The summed E-state index contributed by atoms with van der Waals surface area (Å²) < 4.78 is 0. The van der Waals surface area contributed by atoms with Crippen LogP contribution in [0.4, 0.5) is 0 Å².